The topological polar surface area (TPSA) is 46.2 Å². The van der Waals surface area contributed by atoms with Gasteiger partial charge in [-0.3, -0.25) is 0 Å². The number of hydrogen-bond donors (Lipinski definition) is 2. The van der Waals surface area contributed by atoms with Crippen LogP contribution in [0.25, 0.3) is 0 Å². The van der Waals surface area contributed by atoms with Gasteiger partial charge >= 0.3 is 0 Å². The Labute approximate surface area is 105 Å². The molecule has 1 unspecified atom stereocenters. The van der Waals surface area contributed by atoms with Crippen molar-refractivity contribution in [3.05, 3.63) is 51.7 Å². The van der Waals surface area contributed by atoms with Gasteiger partial charge in [0.2, 0.25) is 0 Å². The Bertz CT molecular complexity index is 535. The van der Waals surface area contributed by atoms with Gasteiger partial charge in [-0.15, -0.1) is 11.3 Å². The molecule has 0 fully saturated rings. The second-order valence-electron chi connectivity index (χ2n) is 4.70. The third-order valence-corrected chi connectivity index (χ3v) is 4.36. The maximum atomic E-state index is 10.8. The predicted molar refractivity (Wildman–Crippen MR) is 71.1 cm³/mol. The van der Waals surface area contributed by atoms with Crippen molar-refractivity contribution >= 4 is 17.0 Å². The van der Waals surface area contributed by atoms with E-state index in [1.54, 1.807) is 11.3 Å². The number of anilines is 1. The maximum Gasteiger partial charge on any atom is 0.0950 e. The number of aliphatic hydroxyl groups is 1. The molecule has 1 atom stereocenters. The number of nitrogens with two attached hydrogens (primary N) is 1. The molecule has 0 radical (unpaired) electrons. The molecular weight excluding hydrogens is 230 g/mol. The summed E-state index contributed by atoms with van der Waals surface area (Å²) >= 11 is 1.70. The van der Waals surface area contributed by atoms with E-state index in [1.165, 1.54) is 10.4 Å². The Kier molecular flexibility index (Phi) is 2.45. The molecule has 3 N–H and O–H groups in total. The third-order valence-electron chi connectivity index (χ3n) is 3.49. The summed E-state index contributed by atoms with van der Waals surface area (Å²) in [5, 5.41) is 12.8. The first-order chi connectivity index (χ1) is 8.17. The summed E-state index contributed by atoms with van der Waals surface area (Å²) in [6.07, 6.45) is 2.42. The molecule has 1 aromatic heterocycles. The van der Waals surface area contributed by atoms with Gasteiger partial charge in [0.1, 0.15) is 0 Å². The van der Waals surface area contributed by atoms with Crippen LogP contribution in [-0.4, -0.2) is 5.11 Å². The van der Waals surface area contributed by atoms with E-state index in [2.05, 4.69) is 11.4 Å². The summed E-state index contributed by atoms with van der Waals surface area (Å²) in [7, 11) is 0. The first-order valence-corrected chi connectivity index (χ1v) is 6.69. The zero-order valence-corrected chi connectivity index (χ0v) is 10.3. The minimum Gasteiger partial charge on any atom is -0.399 e. The van der Waals surface area contributed by atoms with Gasteiger partial charge in [0, 0.05) is 17.0 Å². The van der Waals surface area contributed by atoms with Crippen LogP contribution in [-0.2, 0) is 18.4 Å². The van der Waals surface area contributed by atoms with E-state index < -0.39 is 5.60 Å². The Morgan fingerprint density at radius 1 is 1.35 bits per heavy atom. The predicted octanol–water partition coefficient (Wildman–Crippen LogP) is 2.71. The normalized spacial score (nSPS) is 22.6. The zero-order valence-electron chi connectivity index (χ0n) is 9.52. The Morgan fingerprint density at radius 2 is 2.24 bits per heavy atom. The minimum absolute atomic E-state index is 0.701. The van der Waals surface area contributed by atoms with E-state index in [0.29, 0.717) is 6.42 Å². The van der Waals surface area contributed by atoms with Crippen molar-refractivity contribution in [3.63, 3.8) is 0 Å². The smallest absolute Gasteiger partial charge is 0.0950 e. The molecular formula is C14H15NOS. The average Bonchev–Trinajstić information content (AvgIpc) is 2.88. The lowest BCUT2D eigenvalue weighted by Crippen LogP contribution is -2.24. The minimum atomic E-state index is -0.701. The molecule has 0 saturated carbocycles. The summed E-state index contributed by atoms with van der Waals surface area (Å²) in [6.45, 7) is 0. The molecule has 1 aromatic carbocycles. The Balaban J connectivity index is 1.96. The van der Waals surface area contributed by atoms with Crippen molar-refractivity contribution < 1.29 is 5.11 Å². The van der Waals surface area contributed by atoms with Gasteiger partial charge in [-0.2, -0.15) is 0 Å². The summed E-state index contributed by atoms with van der Waals surface area (Å²) in [4.78, 5) is 1.23. The second-order valence-corrected chi connectivity index (χ2v) is 5.74. The molecule has 1 heterocycles. The van der Waals surface area contributed by atoms with Crippen LogP contribution in [0, 0.1) is 0 Å². The SMILES string of the molecule is Nc1ccc2c(c1)CCC2(O)Cc1cccs1. The number of aryl methyl sites for hydroxylation is 1. The molecule has 88 valence electrons. The lowest BCUT2D eigenvalue weighted by Gasteiger charge is -2.23. The van der Waals surface area contributed by atoms with Crippen molar-refractivity contribution in [3.8, 4) is 0 Å². The second kappa shape index (κ2) is 3.86. The Morgan fingerprint density at radius 3 is 3.00 bits per heavy atom. The molecule has 1 aliphatic rings. The largest absolute Gasteiger partial charge is 0.399 e. The number of fused-ring (bicyclic) bond motifs is 1. The highest BCUT2D eigenvalue weighted by molar-refractivity contribution is 7.09. The zero-order chi connectivity index (χ0) is 11.9. The van der Waals surface area contributed by atoms with E-state index in [9.17, 15) is 5.11 Å². The molecule has 2 aromatic rings. The fourth-order valence-corrected chi connectivity index (χ4v) is 3.45. The highest BCUT2D eigenvalue weighted by atomic mass is 32.1. The lowest BCUT2D eigenvalue weighted by molar-refractivity contribution is 0.0398. The van der Waals surface area contributed by atoms with E-state index in [4.69, 9.17) is 5.73 Å². The summed E-state index contributed by atoms with van der Waals surface area (Å²) in [5.41, 5.74) is 8.11. The van der Waals surface area contributed by atoms with Crippen LogP contribution in [0.1, 0.15) is 22.4 Å². The molecule has 3 heteroatoms. The van der Waals surface area contributed by atoms with E-state index in [1.807, 2.05) is 24.3 Å². The molecule has 0 aliphatic heterocycles. The molecule has 0 spiro atoms. The average molecular weight is 245 g/mol. The third kappa shape index (κ3) is 1.85. The maximum absolute atomic E-state index is 10.8. The fourth-order valence-electron chi connectivity index (χ4n) is 2.64. The standard InChI is InChI=1S/C14H15NOS/c15-11-3-4-13-10(8-11)5-6-14(13,16)9-12-2-1-7-17-12/h1-4,7-8,16H,5-6,9,15H2. The van der Waals surface area contributed by atoms with Crippen LogP contribution in [0.4, 0.5) is 5.69 Å². The van der Waals surface area contributed by atoms with Crippen molar-refractivity contribution in [2.24, 2.45) is 0 Å². The number of nitrogen functional groups attached to an aromatic ring is 1. The molecule has 1 aliphatic carbocycles. The van der Waals surface area contributed by atoms with Crippen LogP contribution < -0.4 is 5.73 Å². The molecule has 2 nitrogen and oxygen atoms in total. The molecule has 17 heavy (non-hydrogen) atoms. The van der Waals surface area contributed by atoms with Crippen molar-refractivity contribution in [1.82, 2.24) is 0 Å². The monoisotopic (exact) mass is 245 g/mol. The summed E-state index contributed by atoms with van der Waals surface area (Å²) in [5.74, 6) is 0. The number of hydrogen-bond acceptors (Lipinski definition) is 3. The molecule has 0 amide bonds. The van der Waals surface area contributed by atoms with Crippen molar-refractivity contribution in [1.29, 1.82) is 0 Å². The van der Waals surface area contributed by atoms with Crippen LogP contribution in [0.5, 0.6) is 0 Å². The van der Waals surface area contributed by atoms with Crippen LogP contribution >= 0.6 is 11.3 Å². The number of benzene rings is 1. The van der Waals surface area contributed by atoms with Gasteiger partial charge in [0.05, 0.1) is 5.60 Å². The summed E-state index contributed by atoms with van der Waals surface area (Å²) < 4.78 is 0. The lowest BCUT2D eigenvalue weighted by atomic mass is 9.91. The van der Waals surface area contributed by atoms with E-state index in [0.717, 1.165) is 24.1 Å². The first-order valence-electron chi connectivity index (χ1n) is 5.81. The summed E-state index contributed by atoms with van der Waals surface area (Å²) in [6, 6.07) is 9.96. The molecule has 3 rings (SSSR count). The van der Waals surface area contributed by atoms with E-state index in [-0.39, 0.29) is 0 Å². The van der Waals surface area contributed by atoms with E-state index >= 15 is 0 Å². The van der Waals surface area contributed by atoms with Gasteiger partial charge in [0.15, 0.2) is 0 Å². The van der Waals surface area contributed by atoms with Crippen LogP contribution in [0.3, 0.4) is 0 Å². The Hall–Kier alpha value is -1.32. The van der Waals surface area contributed by atoms with Gasteiger partial charge in [-0.1, -0.05) is 12.1 Å². The first kappa shape index (κ1) is 10.8. The van der Waals surface area contributed by atoms with Crippen molar-refractivity contribution in [2.45, 2.75) is 24.9 Å². The molecule has 0 saturated heterocycles. The van der Waals surface area contributed by atoms with Crippen LogP contribution in [0.2, 0.25) is 0 Å². The molecule has 0 bridgehead atoms. The fraction of sp³-hybridized carbons (Fsp3) is 0.286. The van der Waals surface area contributed by atoms with Gasteiger partial charge in [0.25, 0.3) is 0 Å². The highest BCUT2D eigenvalue weighted by Crippen LogP contribution is 2.40. The van der Waals surface area contributed by atoms with Crippen molar-refractivity contribution in [2.75, 3.05) is 5.73 Å². The van der Waals surface area contributed by atoms with Gasteiger partial charge in [-0.05, 0) is 47.5 Å². The highest BCUT2D eigenvalue weighted by Gasteiger charge is 2.36. The number of thiophene rings is 1. The number of rotatable bonds is 2. The van der Waals surface area contributed by atoms with Gasteiger partial charge < -0.3 is 10.8 Å². The quantitative estimate of drug-likeness (QED) is 0.799. The van der Waals surface area contributed by atoms with Crippen LogP contribution in [0.15, 0.2) is 35.7 Å². The van der Waals surface area contributed by atoms with Gasteiger partial charge in [-0.25, -0.2) is 0 Å².